The molecule has 5 heteroatoms. The fourth-order valence-electron chi connectivity index (χ4n) is 1.38. The first-order valence-electron chi connectivity index (χ1n) is 5.62. The van der Waals surface area contributed by atoms with Crippen LogP contribution in [0.5, 0.6) is 0 Å². The van der Waals surface area contributed by atoms with Gasteiger partial charge in [0.05, 0.1) is 5.75 Å². The van der Waals surface area contributed by atoms with Crippen LogP contribution in [-0.2, 0) is 10.0 Å². The van der Waals surface area contributed by atoms with Gasteiger partial charge in [-0.1, -0.05) is 26.2 Å². The standard InChI is InChI=1S/C10H23NO3S/c1-3-4-5-7-10(2)11-15(13,14)9-6-8-12/h10-12H,3-9H2,1-2H3. The lowest BCUT2D eigenvalue weighted by Gasteiger charge is -2.13. The van der Waals surface area contributed by atoms with E-state index in [9.17, 15) is 8.42 Å². The van der Waals surface area contributed by atoms with Crippen LogP contribution in [0.4, 0.5) is 0 Å². The number of sulfonamides is 1. The Kier molecular flexibility index (Phi) is 8.00. The molecule has 15 heavy (non-hydrogen) atoms. The predicted octanol–water partition coefficient (Wildman–Crippen LogP) is 1.26. The van der Waals surface area contributed by atoms with Gasteiger partial charge in [-0.05, 0) is 19.8 Å². The molecule has 2 N–H and O–H groups in total. The number of hydrogen-bond donors (Lipinski definition) is 2. The van der Waals surface area contributed by atoms with Gasteiger partial charge in [-0.3, -0.25) is 0 Å². The maximum atomic E-state index is 11.4. The quantitative estimate of drug-likeness (QED) is 0.593. The zero-order valence-corrected chi connectivity index (χ0v) is 10.5. The van der Waals surface area contributed by atoms with Crippen molar-refractivity contribution in [1.82, 2.24) is 4.72 Å². The van der Waals surface area contributed by atoms with E-state index in [0.717, 1.165) is 25.7 Å². The first-order chi connectivity index (χ1) is 7.02. The van der Waals surface area contributed by atoms with E-state index in [-0.39, 0.29) is 18.4 Å². The average molecular weight is 237 g/mol. The Balaban J connectivity index is 3.78. The lowest BCUT2D eigenvalue weighted by molar-refractivity contribution is 0.295. The van der Waals surface area contributed by atoms with Crippen molar-refractivity contribution >= 4 is 10.0 Å². The van der Waals surface area contributed by atoms with Crippen LogP contribution in [0.1, 0.15) is 46.0 Å². The van der Waals surface area contributed by atoms with Crippen molar-refractivity contribution in [2.45, 2.75) is 52.0 Å². The van der Waals surface area contributed by atoms with Gasteiger partial charge < -0.3 is 5.11 Å². The van der Waals surface area contributed by atoms with Crippen molar-refractivity contribution in [1.29, 1.82) is 0 Å². The highest BCUT2D eigenvalue weighted by molar-refractivity contribution is 7.89. The third-order valence-electron chi connectivity index (χ3n) is 2.19. The van der Waals surface area contributed by atoms with Crippen LogP contribution in [0.25, 0.3) is 0 Å². The van der Waals surface area contributed by atoms with Gasteiger partial charge in [0.2, 0.25) is 10.0 Å². The second-order valence-corrected chi connectivity index (χ2v) is 5.78. The van der Waals surface area contributed by atoms with Gasteiger partial charge in [-0.15, -0.1) is 0 Å². The summed E-state index contributed by atoms with van der Waals surface area (Å²) < 4.78 is 25.4. The van der Waals surface area contributed by atoms with E-state index < -0.39 is 10.0 Å². The summed E-state index contributed by atoms with van der Waals surface area (Å²) in [7, 11) is -3.19. The summed E-state index contributed by atoms with van der Waals surface area (Å²) in [5.74, 6) is 0.0155. The SMILES string of the molecule is CCCCCC(C)NS(=O)(=O)CCCO. The molecule has 0 aromatic rings. The van der Waals surface area contributed by atoms with E-state index in [4.69, 9.17) is 5.11 Å². The smallest absolute Gasteiger partial charge is 0.211 e. The third-order valence-corrected chi connectivity index (χ3v) is 3.78. The summed E-state index contributed by atoms with van der Waals surface area (Å²) in [5, 5.41) is 8.54. The van der Waals surface area contributed by atoms with E-state index in [1.165, 1.54) is 0 Å². The first kappa shape index (κ1) is 14.9. The lowest BCUT2D eigenvalue weighted by atomic mass is 10.1. The molecule has 0 saturated carbocycles. The van der Waals surface area contributed by atoms with Gasteiger partial charge in [0.15, 0.2) is 0 Å². The number of rotatable bonds is 9. The topological polar surface area (TPSA) is 66.4 Å². The Morgan fingerprint density at radius 2 is 1.93 bits per heavy atom. The summed E-state index contributed by atoms with van der Waals surface area (Å²) in [6, 6.07) is 0.000225. The summed E-state index contributed by atoms with van der Waals surface area (Å²) in [5.41, 5.74) is 0. The summed E-state index contributed by atoms with van der Waals surface area (Å²) in [6.07, 6.45) is 4.52. The molecule has 0 aliphatic rings. The van der Waals surface area contributed by atoms with Crippen molar-refractivity contribution in [3.8, 4) is 0 Å². The van der Waals surface area contributed by atoms with E-state index in [0.29, 0.717) is 6.42 Å². The Labute approximate surface area is 93.1 Å². The molecule has 0 amide bonds. The molecule has 4 nitrogen and oxygen atoms in total. The van der Waals surface area contributed by atoms with Crippen LogP contribution in [0.3, 0.4) is 0 Å². The van der Waals surface area contributed by atoms with Gasteiger partial charge in [0.25, 0.3) is 0 Å². The molecule has 0 aromatic heterocycles. The lowest BCUT2D eigenvalue weighted by Crippen LogP contribution is -2.34. The van der Waals surface area contributed by atoms with E-state index >= 15 is 0 Å². The van der Waals surface area contributed by atoms with Crippen molar-refractivity contribution < 1.29 is 13.5 Å². The van der Waals surface area contributed by atoms with Crippen molar-refractivity contribution in [2.75, 3.05) is 12.4 Å². The number of aliphatic hydroxyl groups excluding tert-OH is 1. The Hall–Kier alpha value is -0.130. The molecular weight excluding hydrogens is 214 g/mol. The summed E-state index contributed by atoms with van der Waals surface area (Å²) >= 11 is 0. The van der Waals surface area contributed by atoms with Gasteiger partial charge in [0.1, 0.15) is 0 Å². The molecule has 0 aromatic carbocycles. The molecule has 0 radical (unpaired) electrons. The second kappa shape index (κ2) is 8.07. The molecule has 0 rings (SSSR count). The minimum atomic E-state index is -3.19. The molecule has 0 bridgehead atoms. The van der Waals surface area contributed by atoms with Gasteiger partial charge in [-0.2, -0.15) is 0 Å². The van der Waals surface area contributed by atoms with Crippen LogP contribution < -0.4 is 4.72 Å². The van der Waals surface area contributed by atoms with Gasteiger partial charge in [0, 0.05) is 12.6 Å². The monoisotopic (exact) mass is 237 g/mol. The molecule has 1 atom stereocenters. The molecular formula is C10H23NO3S. The van der Waals surface area contributed by atoms with Crippen molar-refractivity contribution in [3.05, 3.63) is 0 Å². The minimum Gasteiger partial charge on any atom is -0.396 e. The van der Waals surface area contributed by atoms with E-state index in [1.807, 2.05) is 6.92 Å². The van der Waals surface area contributed by atoms with Crippen molar-refractivity contribution in [3.63, 3.8) is 0 Å². The van der Waals surface area contributed by atoms with Gasteiger partial charge >= 0.3 is 0 Å². The normalized spacial score (nSPS) is 14.1. The van der Waals surface area contributed by atoms with Crippen LogP contribution in [0.15, 0.2) is 0 Å². The van der Waals surface area contributed by atoms with Crippen LogP contribution >= 0.6 is 0 Å². The summed E-state index contributed by atoms with van der Waals surface area (Å²) in [6.45, 7) is 3.92. The average Bonchev–Trinajstić information content (AvgIpc) is 2.14. The molecule has 0 saturated heterocycles. The predicted molar refractivity (Wildman–Crippen MR) is 62.2 cm³/mol. The maximum Gasteiger partial charge on any atom is 0.211 e. The Morgan fingerprint density at radius 1 is 1.27 bits per heavy atom. The fraction of sp³-hybridized carbons (Fsp3) is 1.00. The zero-order valence-electron chi connectivity index (χ0n) is 9.70. The first-order valence-corrected chi connectivity index (χ1v) is 7.28. The van der Waals surface area contributed by atoms with Crippen LogP contribution in [-0.4, -0.2) is 31.9 Å². The largest absolute Gasteiger partial charge is 0.396 e. The molecule has 0 spiro atoms. The van der Waals surface area contributed by atoms with E-state index in [1.54, 1.807) is 0 Å². The second-order valence-electron chi connectivity index (χ2n) is 3.91. The Morgan fingerprint density at radius 3 is 2.47 bits per heavy atom. The highest BCUT2D eigenvalue weighted by atomic mass is 32.2. The minimum absolute atomic E-state index is 0.000225. The highest BCUT2D eigenvalue weighted by Gasteiger charge is 2.13. The third kappa shape index (κ3) is 8.84. The molecule has 0 aliphatic carbocycles. The Bertz CT molecular complexity index is 239. The highest BCUT2D eigenvalue weighted by Crippen LogP contribution is 2.04. The molecule has 1 unspecified atom stereocenters. The zero-order chi connectivity index (χ0) is 11.7. The number of hydrogen-bond acceptors (Lipinski definition) is 3. The number of unbranched alkanes of at least 4 members (excludes halogenated alkanes) is 2. The molecule has 92 valence electrons. The molecule has 0 heterocycles. The van der Waals surface area contributed by atoms with Crippen LogP contribution in [0.2, 0.25) is 0 Å². The number of nitrogens with one attached hydrogen (secondary N) is 1. The van der Waals surface area contributed by atoms with Crippen molar-refractivity contribution in [2.24, 2.45) is 0 Å². The number of aliphatic hydroxyl groups is 1. The maximum absolute atomic E-state index is 11.4. The van der Waals surface area contributed by atoms with Gasteiger partial charge in [-0.25, -0.2) is 13.1 Å². The molecule has 0 aliphatic heterocycles. The summed E-state index contributed by atoms with van der Waals surface area (Å²) in [4.78, 5) is 0. The van der Waals surface area contributed by atoms with E-state index in [2.05, 4.69) is 11.6 Å². The van der Waals surface area contributed by atoms with Crippen LogP contribution in [0, 0.1) is 0 Å². The molecule has 0 fully saturated rings. The fourth-order valence-corrected chi connectivity index (χ4v) is 2.74.